The van der Waals surface area contributed by atoms with Gasteiger partial charge in [0.2, 0.25) is 5.91 Å². The van der Waals surface area contributed by atoms with Crippen molar-refractivity contribution in [2.75, 3.05) is 0 Å². The predicted octanol–water partition coefficient (Wildman–Crippen LogP) is 1.56. The van der Waals surface area contributed by atoms with E-state index in [-0.39, 0.29) is 5.92 Å². The number of carboxylic acid groups (broad SMARTS) is 1. The summed E-state index contributed by atoms with van der Waals surface area (Å²) in [6.07, 6.45) is 1.71. The molecule has 0 radical (unpaired) electrons. The number of hydrogen-bond donors (Lipinski definition) is 3. The minimum atomic E-state index is -1.03. The van der Waals surface area contributed by atoms with Gasteiger partial charge in [0.25, 0.3) is 0 Å². The lowest BCUT2D eigenvalue weighted by molar-refractivity contribution is -0.142. The van der Waals surface area contributed by atoms with Gasteiger partial charge in [-0.2, -0.15) is 0 Å². The van der Waals surface area contributed by atoms with E-state index in [1.165, 1.54) is 0 Å². The van der Waals surface area contributed by atoms with Crippen LogP contribution in [0.4, 0.5) is 0 Å². The maximum absolute atomic E-state index is 12.0. The molecular weight excluding hydrogens is 268 g/mol. The van der Waals surface area contributed by atoms with Crippen LogP contribution in [0.15, 0.2) is 30.3 Å². The molecule has 0 aromatic heterocycles. The van der Waals surface area contributed by atoms with E-state index in [0.29, 0.717) is 12.8 Å². The molecule has 3 atom stereocenters. The standard InChI is InChI=1S/C16H24N2O3/c1-3-11(2)14(17)15(19)18-13(16(20)21)10-9-12-7-5-4-6-8-12/h4-8,11,13-14H,3,9-10,17H2,1-2H3,(H,18,19)(H,20,21)/t11?,13-,14?/m0/s1. The second-order valence-corrected chi connectivity index (χ2v) is 5.34. The van der Waals surface area contributed by atoms with E-state index < -0.39 is 24.0 Å². The number of benzene rings is 1. The maximum Gasteiger partial charge on any atom is 0.326 e. The molecule has 2 unspecified atom stereocenters. The van der Waals surface area contributed by atoms with Crippen LogP contribution in [-0.2, 0) is 16.0 Å². The molecule has 0 saturated heterocycles. The molecule has 5 nitrogen and oxygen atoms in total. The van der Waals surface area contributed by atoms with Gasteiger partial charge in [-0.3, -0.25) is 4.79 Å². The summed E-state index contributed by atoms with van der Waals surface area (Å²) in [6.45, 7) is 3.83. The number of amides is 1. The summed E-state index contributed by atoms with van der Waals surface area (Å²) in [4.78, 5) is 23.2. The van der Waals surface area contributed by atoms with Crippen molar-refractivity contribution in [1.82, 2.24) is 5.32 Å². The van der Waals surface area contributed by atoms with Crippen molar-refractivity contribution in [3.05, 3.63) is 35.9 Å². The van der Waals surface area contributed by atoms with Crippen LogP contribution in [0.5, 0.6) is 0 Å². The Morgan fingerprint density at radius 2 is 1.90 bits per heavy atom. The van der Waals surface area contributed by atoms with Gasteiger partial charge in [-0.15, -0.1) is 0 Å². The quantitative estimate of drug-likeness (QED) is 0.678. The third kappa shape index (κ3) is 5.55. The van der Waals surface area contributed by atoms with Gasteiger partial charge in [0.05, 0.1) is 6.04 Å². The Morgan fingerprint density at radius 3 is 2.43 bits per heavy atom. The van der Waals surface area contributed by atoms with Crippen molar-refractivity contribution in [2.45, 2.75) is 45.2 Å². The Kier molecular flexibility index (Phi) is 6.88. The maximum atomic E-state index is 12.0. The van der Waals surface area contributed by atoms with E-state index in [1.54, 1.807) is 0 Å². The molecular formula is C16H24N2O3. The van der Waals surface area contributed by atoms with E-state index in [0.717, 1.165) is 12.0 Å². The molecule has 0 fully saturated rings. The highest BCUT2D eigenvalue weighted by molar-refractivity contribution is 5.86. The Hall–Kier alpha value is -1.88. The van der Waals surface area contributed by atoms with E-state index >= 15 is 0 Å². The molecule has 0 heterocycles. The van der Waals surface area contributed by atoms with Crippen LogP contribution in [-0.4, -0.2) is 29.1 Å². The highest BCUT2D eigenvalue weighted by atomic mass is 16.4. The normalized spacial score (nSPS) is 15.0. The highest BCUT2D eigenvalue weighted by Gasteiger charge is 2.25. The van der Waals surface area contributed by atoms with E-state index in [2.05, 4.69) is 5.32 Å². The van der Waals surface area contributed by atoms with Crippen molar-refractivity contribution < 1.29 is 14.7 Å². The fraction of sp³-hybridized carbons (Fsp3) is 0.500. The molecule has 1 aromatic rings. The third-order valence-corrected chi connectivity index (χ3v) is 3.74. The average molecular weight is 292 g/mol. The molecule has 4 N–H and O–H groups in total. The molecule has 1 rings (SSSR count). The minimum absolute atomic E-state index is 0.0218. The summed E-state index contributed by atoms with van der Waals surface area (Å²) in [5.41, 5.74) is 6.87. The third-order valence-electron chi connectivity index (χ3n) is 3.74. The fourth-order valence-electron chi connectivity index (χ4n) is 1.99. The summed E-state index contributed by atoms with van der Waals surface area (Å²) in [6, 6.07) is 8.01. The predicted molar refractivity (Wildman–Crippen MR) is 81.8 cm³/mol. The molecule has 0 spiro atoms. The number of carbonyl (C=O) groups is 2. The van der Waals surface area contributed by atoms with E-state index in [9.17, 15) is 14.7 Å². The van der Waals surface area contributed by atoms with Crippen molar-refractivity contribution in [1.29, 1.82) is 0 Å². The SMILES string of the molecule is CCC(C)C(N)C(=O)N[C@@H](CCc1ccccc1)C(=O)O. The second kappa shape index (κ2) is 8.42. The van der Waals surface area contributed by atoms with Crippen LogP contribution in [0.1, 0.15) is 32.3 Å². The zero-order valence-electron chi connectivity index (χ0n) is 12.6. The molecule has 0 bridgehead atoms. The number of carboxylic acids is 1. The van der Waals surface area contributed by atoms with Crippen molar-refractivity contribution in [3.63, 3.8) is 0 Å². The van der Waals surface area contributed by atoms with Gasteiger partial charge >= 0.3 is 5.97 Å². The molecule has 1 amide bonds. The molecule has 5 heteroatoms. The van der Waals surface area contributed by atoms with Crippen molar-refractivity contribution >= 4 is 11.9 Å². The van der Waals surface area contributed by atoms with Crippen LogP contribution >= 0.6 is 0 Å². The molecule has 116 valence electrons. The molecule has 21 heavy (non-hydrogen) atoms. The number of nitrogens with two attached hydrogens (primary N) is 1. The molecule has 0 saturated carbocycles. The summed E-state index contributed by atoms with van der Waals surface area (Å²) in [5, 5.41) is 11.8. The fourth-order valence-corrected chi connectivity index (χ4v) is 1.99. The van der Waals surface area contributed by atoms with Crippen LogP contribution in [0.25, 0.3) is 0 Å². The Labute approximate surface area is 125 Å². The van der Waals surface area contributed by atoms with Gasteiger partial charge in [0.15, 0.2) is 0 Å². The summed E-state index contributed by atoms with van der Waals surface area (Å²) in [5.74, 6) is -1.41. The minimum Gasteiger partial charge on any atom is -0.480 e. The Morgan fingerprint density at radius 1 is 1.29 bits per heavy atom. The Balaban J connectivity index is 2.58. The van der Waals surface area contributed by atoms with Gasteiger partial charge in [0, 0.05) is 0 Å². The Bertz CT molecular complexity index is 462. The number of hydrogen-bond acceptors (Lipinski definition) is 3. The monoisotopic (exact) mass is 292 g/mol. The van der Waals surface area contributed by atoms with E-state index in [1.807, 2.05) is 44.2 Å². The summed E-state index contributed by atoms with van der Waals surface area (Å²) in [7, 11) is 0. The molecule has 1 aromatic carbocycles. The number of aryl methyl sites for hydroxylation is 1. The van der Waals surface area contributed by atoms with Gasteiger partial charge in [-0.1, -0.05) is 50.6 Å². The first kappa shape index (κ1) is 17.2. The van der Waals surface area contributed by atoms with Gasteiger partial charge in [0.1, 0.15) is 6.04 Å². The van der Waals surface area contributed by atoms with Crippen LogP contribution in [0.2, 0.25) is 0 Å². The first-order valence-corrected chi connectivity index (χ1v) is 7.28. The lowest BCUT2D eigenvalue weighted by Crippen LogP contribution is -2.50. The van der Waals surface area contributed by atoms with E-state index in [4.69, 9.17) is 5.73 Å². The lowest BCUT2D eigenvalue weighted by atomic mass is 9.98. The second-order valence-electron chi connectivity index (χ2n) is 5.34. The lowest BCUT2D eigenvalue weighted by Gasteiger charge is -2.21. The number of carbonyl (C=O) groups excluding carboxylic acids is 1. The molecule has 0 aliphatic carbocycles. The smallest absolute Gasteiger partial charge is 0.326 e. The van der Waals surface area contributed by atoms with Crippen LogP contribution in [0, 0.1) is 5.92 Å². The first-order chi connectivity index (χ1) is 9.95. The summed E-state index contributed by atoms with van der Waals surface area (Å²) >= 11 is 0. The van der Waals surface area contributed by atoms with Crippen LogP contribution in [0.3, 0.4) is 0 Å². The van der Waals surface area contributed by atoms with Crippen LogP contribution < -0.4 is 11.1 Å². The van der Waals surface area contributed by atoms with Gasteiger partial charge in [-0.25, -0.2) is 4.79 Å². The first-order valence-electron chi connectivity index (χ1n) is 7.28. The van der Waals surface area contributed by atoms with Crippen molar-refractivity contribution in [3.8, 4) is 0 Å². The highest BCUT2D eigenvalue weighted by Crippen LogP contribution is 2.08. The topological polar surface area (TPSA) is 92.4 Å². The van der Waals surface area contributed by atoms with Gasteiger partial charge in [-0.05, 0) is 24.3 Å². The summed E-state index contributed by atoms with van der Waals surface area (Å²) < 4.78 is 0. The molecule has 0 aliphatic heterocycles. The average Bonchev–Trinajstić information content (AvgIpc) is 2.50. The number of rotatable bonds is 8. The largest absolute Gasteiger partial charge is 0.480 e. The van der Waals surface area contributed by atoms with Crippen molar-refractivity contribution in [2.24, 2.45) is 11.7 Å². The molecule has 0 aliphatic rings. The zero-order valence-corrected chi connectivity index (χ0v) is 12.6. The zero-order chi connectivity index (χ0) is 15.8. The number of aliphatic carboxylic acids is 1. The van der Waals surface area contributed by atoms with Gasteiger partial charge < -0.3 is 16.2 Å². The number of nitrogens with one attached hydrogen (secondary N) is 1.